The number of pyridine rings is 1. The second kappa shape index (κ2) is 6.14. The molecule has 1 aromatic carbocycles. The fourth-order valence-electron chi connectivity index (χ4n) is 2.01. The van der Waals surface area contributed by atoms with Gasteiger partial charge >= 0.3 is 0 Å². The maximum absolute atomic E-state index is 6.16. The van der Waals surface area contributed by atoms with Crippen LogP contribution in [-0.2, 0) is 6.61 Å². The van der Waals surface area contributed by atoms with Gasteiger partial charge in [0.2, 0.25) is 0 Å². The quantitative estimate of drug-likeness (QED) is 0.912. The van der Waals surface area contributed by atoms with Crippen molar-refractivity contribution in [2.24, 2.45) is 0 Å². The first-order valence-corrected chi connectivity index (χ1v) is 6.93. The minimum absolute atomic E-state index is 0.361. The Morgan fingerprint density at radius 3 is 2.50 bits per heavy atom. The van der Waals surface area contributed by atoms with Crippen LogP contribution < -0.4 is 10.1 Å². The summed E-state index contributed by atoms with van der Waals surface area (Å²) in [5, 5.41) is 3.62. The molecule has 0 saturated carbocycles. The molecule has 0 aliphatic rings. The van der Waals surface area contributed by atoms with Crippen molar-refractivity contribution in [2.45, 2.75) is 27.4 Å². The van der Waals surface area contributed by atoms with E-state index >= 15 is 0 Å². The lowest BCUT2D eigenvalue weighted by atomic mass is 10.1. The monoisotopic (exact) mass is 290 g/mol. The van der Waals surface area contributed by atoms with Crippen molar-refractivity contribution < 1.29 is 4.74 Å². The Bertz CT molecular complexity index is 626. The lowest BCUT2D eigenvalue weighted by molar-refractivity contribution is 0.297. The number of ether oxygens (including phenoxy) is 1. The summed E-state index contributed by atoms with van der Waals surface area (Å²) in [6, 6.07) is 7.84. The van der Waals surface area contributed by atoms with Gasteiger partial charge in [-0.25, -0.2) is 4.98 Å². The van der Waals surface area contributed by atoms with E-state index < -0.39 is 0 Å². The largest absolute Gasteiger partial charge is 0.487 e. The fourth-order valence-corrected chi connectivity index (χ4v) is 2.17. The predicted molar refractivity (Wildman–Crippen MR) is 83.8 cm³/mol. The summed E-state index contributed by atoms with van der Waals surface area (Å²) in [4.78, 5) is 4.42. The molecule has 20 heavy (non-hydrogen) atoms. The normalized spacial score (nSPS) is 10.4. The van der Waals surface area contributed by atoms with Crippen LogP contribution in [0.25, 0.3) is 0 Å². The number of hydrogen-bond donors (Lipinski definition) is 1. The van der Waals surface area contributed by atoms with Gasteiger partial charge in [0, 0.05) is 7.05 Å². The van der Waals surface area contributed by atoms with E-state index in [1.807, 2.05) is 26.1 Å². The molecule has 0 saturated heterocycles. The number of aryl methyl sites for hydroxylation is 2. The fraction of sp³-hybridized carbons (Fsp3) is 0.312. The van der Waals surface area contributed by atoms with E-state index in [2.05, 4.69) is 36.3 Å². The number of nitrogens with one attached hydrogen (secondary N) is 1. The molecule has 2 rings (SSSR count). The molecular weight excluding hydrogens is 272 g/mol. The third kappa shape index (κ3) is 3.05. The van der Waals surface area contributed by atoms with Crippen LogP contribution in [-0.4, -0.2) is 12.0 Å². The van der Waals surface area contributed by atoms with Crippen LogP contribution in [0.15, 0.2) is 24.3 Å². The van der Waals surface area contributed by atoms with Gasteiger partial charge < -0.3 is 10.1 Å². The third-order valence-corrected chi connectivity index (χ3v) is 3.75. The van der Waals surface area contributed by atoms with Crippen molar-refractivity contribution in [3.63, 3.8) is 0 Å². The molecule has 0 aliphatic carbocycles. The molecule has 0 spiro atoms. The van der Waals surface area contributed by atoms with Gasteiger partial charge in [0.1, 0.15) is 18.2 Å². The van der Waals surface area contributed by atoms with Crippen molar-refractivity contribution in [3.05, 3.63) is 51.7 Å². The summed E-state index contributed by atoms with van der Waals surface area (Å²) >= 11 is 6.16. The number of benzene rings is 1. The van der Waals surface area contributed by atoms with Crippen molar-refractivity contribution in [1.29, 1.82) is 0 Å². The van der Waals surface area contributed by atoms with Gasteiger partial charge in [0.15, 0.2) is 0 Å². The van der Waals surface area contributed by atoms with Crippen LogP contribution in [0.5, 0.6) is 5.75 Å². The zero-order valence-electron chi connectivity index (χ0n) is 12.2. The van der Waals surface area contributed by atoms with Gasteiger partial charge in [-0.1, -0.05) is 23.7 Å². The molecule has 1 N–H and O–H groups in total. The first kappa shape index (κ1) is 14.7. The van der Waals surface area contributed by atoms with E-state index in [4.69, 9.17) is 16.3 Å². The highest BCUT2D eigenvalue weighted by Gasteiger charge is 2.09. The molecule has 1 aromatic heterocycles. The predicted octanol–water partition coefficient (Wildman–Crippen LogP) is 4.28. The number of hydrogen-bond acceptors (Lipinski definition) is 3. The van der Waals surface area contributed by atoms with Crippen molar-refractivity contribution in [1.82, 2.24) is 4.98 Å². The van der Waals surface area contributed by atoms with Gasteiger partial charge in [0.25, 0.3) is 0 Å². The minimum atomic E-state index is 0.361. The van der Waals surface area contributed by atoms with Gasteiger partial charge in [0.05, 0.1) is 10.7 Å². The minimum Gasteiger partial charge on any atom is -0.487 e. The van der Waals surface area contributed by atoms with Crippen LogP contribution in [0.1, 0.15) is 22.4 Å². The Hall–Kier alpha value is -1.74. The van der Waals surface area contributed by atoms with Crippen LogP contribution in [0.3, 0.4) is 0 Å². The highest BCUT2D eigenvalue weighted by Crippen LogP contribution is 2.27. The number of halogens is 1. The van der Waals surface area contributed by atoms with Crippen molar-refractivity contribution in [3.8, 4) is 5.75 Å². The summed E-state index contributed by atoms with van der Waals surface area (Å²) in [5.74, 6) is 1.70. The summed E-state index contributed by atoms with van der Waals surface area (Å²) in [7, 11) is 1.83. The number of nitrogens with zero attached hydrogens (tertiary/aromatic N) is 1. The number of rotatable bonds is 4. The van der Waals surface area contributed by atoms with Gasteiger partial charge in [-0.3, -0.25) is 0 Å². The molecule has 1 heterocycles. The topological polar surface area (TPSA) is 34.1 Å². The van der Waals surface area contributed by atoms with E-state index in [0.717, 1.165) is 28.4 Å². The molecule has 0 radical (unpaired) electrons. The lowest BCUT2D eigenvalue weighted by Gasteiger charge is -2.14. The lowest BCUT2D eigenvalue weighted by Crippen LogP contribution is -2.04. The molecule has 4 heteroatoms. The first-order chi connectivity index (χ1) is 9.52. The molecule has 2 aromatic rings. The molecule has 3 nitrogen and oxygen atoms in total. The van der Waals surface area contributed by atoms with E-state index in [-0.39, 0.29) is 0 Å². The van der Waals surface area contributed by atoms with Crippen LogP contribution >= 0.6 is 11.6 Å². The maximum Gasteiger partial charge on any atom is 0.132 e. The Labute approximate surface area is 124 Å². The number of anilines is 1. The summed E-state index contributed by atoms with van der Waals surface area (Å²) in [6.45, 7) is 6.55. The highest BCUT2D eigenvalue weighted by molar-refractivity contribution is 6.31. The first-order valence-electron chi connectivity index (χ1n) is 6.55. The molecule has 106 valence electrons. The van der Waals surface area contributed by atoms with Crippen LogP contribution in [0, 0.1) is 20.8 Å². The smallest absolute Gasteiger partial charge is 0.132 e. The summed E-state index contributed by atoms with van der Waals surface area (Å²) in [6.07, 6.45) is 0. The van der Waals surface area contributed by atoms with E-state index in [1.165, 1.54) is 5.56 Å². The van der Waals surface area contributed by atoms with Crippen molar-refractivity contribution in [2.75, 3.05) is 12.4 Å². The van der Waals surface area contributed by atoms with Crippen LogP contribution in [0.4, 0.5) is 5.82 Å². The summed E-state index contributed by atoms with van der Waals surface area (Å²) in [5.41, 5.74) is 4.23. The SMILES string of the molecule is CNc1ccc(Cl)c(COc2c(C)ccc(C)c2C)n1. The zero-order chi connectivity index (χ0) is 14.7. The van der Waals surface area contributed by atoms with Gasteiger partial charge in [-0.15, -0.1) is 0 Å². The Balaban J connectivity index is 2.23. The van der Waals surface area contributed by atoms with Gasteiger partial charge in [-0.2, -0.15) is 0 Å². The Kier molecular flexibility index (Phi) is 4.50. The summed E-state index contributed by atoms with van der Waals surface area (Å²) < 4.78 is 5.94. The molecule has 0 bridgehead atoms. The maximum atomic E-state index is 6.16. The third-order valence-electron chi connectivity index (χ3n) is 3.40. The average molecular weight is 291 g/mol. The standard InChI is InChI=1S/C16H19ClN2O/c1-10-5-6-11(2)16(12(10)3)20-9-14-13(17)7-8-15(18-4)19-14/h5-8H,9H2,1-4H3,(H,18,19). The van der Waals surface area contributed by atoms with Crippen molar-refractivity contribution >= 4 is 17.4 Å². The molecule has 0 unspecified atom stereocenters. The Morgan fingerprint density at radius 1 is 1.10 bits per heavy atom. The second-order valence-corrected chi connectivity index (χ2v) is 5.22. The highest BCUT2D eigenvalue weighted by atomic mass is 35.5. The average Bonchev–Trinajstić information content (AvgIpc) is 2.45. The van der Waals surface area contributed by atoms with E-state index in [9.17, 15) is 0 Å². The zero-order valence-corrected chi connectivity index (χ0v) is 13.0. The van der Waals surface area contributed by atoms with Gasteiger partial charge in [-0.05, 0) is 49.6 Å². The molecule has 0 amide bonds. The number of aromatic nitrogens is 1. The second-order valence-electron chi connectivity index (χ2n) is 4.82. The van der Waals surface area contributed by atoms with E-state index in [0.29, 0.717) is 11.6 Å². The molecule has 0 aliphatic heterocycles. The van der Waals surface area contributed by atoms with Crippen LogP contribution in [0.2, 0.25) is 5.02 Å². The molecule has 0 atom stereocenters. The Morgan fingerprint density at radius 2 is 1.80 bits per heavy atom. The molecule has 0 fully saturated rings. The molecular formula is C16H19ClN2O. The van der Waals surface area contributed by atoms with E-state index in [1.54, 1.807) is 0 Å².